The molecule has 2 amide bonds. The molecule has 0 saturated carbocycles. The Morgan fingerprint density at radius 3 is 2.62 bits per heavy atom. The van der Waals surface area contributed by atoms with Crippen LogP contribution >= 0.6 is 11.6 Å². The lowest BCUT2D eigenvalue weighted by atomic mass is 10.1. The molecule has 2 aromatic carbocycles. The van der Waals surface area contributed by atoms with E-state index in [1.54, 1.807) is 25.1 Å². The normalized spacial score (nSPS) is 15.0. The maximum Gasteiger partial charge on any atom is 0.407 e. The van der Waals surface area contributed by atoms with Crippen molar-refractivity contribution in [3.63, 3.8) is 0 Å². The quantitative estimate of drug-likeness (QED) is 0.534. The van der Waals surface area contributed by atoms with E-state index in [2.05, 4.69) is 15.4 Å². The zero-order valence-electron chi connectivity index (χ0n) is 18.3. The number of methoxy groups -OCH3 is 1. The molecule has 4 rings (SSSR count). The first-order valence-corrected chi connectivity index (χ1v) is 12.1. The number of anilines is 1. The molecule has 0 saturated heterocycles. The number of fused-ring (bicyclic) bond motifs is 1. The molecule has 0 bridgehead atoms. The van der Waals surface area contributed by atoms with Crippen LogP contribution in [0, 0.1) is 12.7 Å². The van der Waals surface area contributed by atoms with E-state index in [0.29, 0.717) is 29.5 Å². The van der Waals surface area contributed by atoms with Gasteiger partial charge in [0.25, 0.3) is 15.9 Å². The van der Waals surface area contributed by atoms with Gasteiger partial charge in [-0.15, -0.1) is 0 Å². The highest BCUT2D eigenvalue weighted by atomic mass is 35.5. The van der Waals surface area contributed by atoms with Crippen LogP contribution in [0.15, 0.2) is 53.6 Å². The Labute approximate surface area is 200 Å². The van der Waals surface area contributed by atoms with Gasteiger partial charge in [-0.05, 0) is 60.7 Å². The van der Waals surface area contributed by atoms with Gasteiger partial charge in [0.05, 0.1) is 23.1 Å². The highest BCUT2D eigenvalue weighted by Gasteiger charge is 2.36. The molecule has 1 heterocycles. The molecule has 1 aliphatic carbocycles. The molecule has 34 heavy (non-hydrogen) atoms. The van der Waals surface area contributed by atoms with Gasteiger partial charge in [0.2, 0.25) is 0 Å². The molecule has 3 aromatic rings. The lowest BCUT2D eigenvalue weighted by Crippen LogP contribution is -2.27. The van der Waals surface area contributed by atoms with Crippen molar-refractivity contribution in [1.29, 1.82) is 0 Å². The first kappa shape index (κ1) is 23.8. The number of alkyl carbamates (subject to hydrolysis) is 1. The zero-order valence-corrected chi connectivity index (χ0v) is 19.8. The van der Waals surface area contributed by atoms with Crippen LogP contribution in [0.25, 0.3) is 0 Å². The molecule has 1 atom stereocenters. The van der Waals surface area contributed by atoms with Crippen LogP contribution in [0.4, 0.5) is 14.9 Å². The van der Waals surface area contributed by atoms with E-state index in [1.165, 1.54) is 31.5 Å². The third kappa shape index (κ3) is 4.26. The first-order valence-electron chi connectivity index (χ1n) is 10.3. The maximum atomic E-state index is 13.6. The Morgan fingerprint density at radius 1 is 1.21 bits per heavy atom. The fourth-order valence-corrected chi connectivity index (χ4v) is 5.84. The van der Waals surface area contributed by atoms with E-state index in [4.69, 9.17) is 11.6 Å². The number of hydrogen-bond acceptors (Lipinski definition) is 5. The third-order valence-corrected chi connectivity index (χ3v) is 7.78. The molecule has 0 fully saturated rings. The Bertz CT molecular complexity index is 1400. The molecule has 1 unspecified atom stereocenters. The van der Waals surface area contributed by atoms with Gasteiger partial charge in [-0.2, -0.15) is 0 Å². The summed E-state index contributed by atoms with van der Waals surface area (Å²) in [7, 11) is -2.93. The van der Waals surface area contributed by atoms with E-state index in [9.17, 15) is 22.4 Å². The van der Waals surface area contributed by atoms with Crippen LogP contribution in [0.2, 0.25) is 5.02 Å². The number of rotatable bonds is 5. The monoisotopic (exact) mass is 505 g/mol. The van der Waals surface area contributed by atoms with Crippen molar-refractivity contribution in [3.8, 4) is 0 Å². The Balaban J connectivity index is 1.83. The van der Waals surface area contributed by atoms with Gasteiger partial charge in [0.1, 0.15) is 11.5 Å². The fraction of sp³-hybridized carbons (Fsp3) is 0.217. The minimum atomic E-state index is -4.16. The van der Waals surface area contributed by atoms with Crippen LogP contribution in [-0.2, 0) is 21.2 Å². The first-order chi connectivity index (χ1) is 16.1. The molecule has 178 valence electrons. The molecular formula is C23H21ClFN3O5S. The van der Waals surface area contributed by atoms with E-state index >= 15 is 0 Å². The number of amides is 2. The van der Waals surface area contributed by atoms with E-state index in [1.807, 2.05) is 0 Å². The minimum absolute atomic E-state index is 0.0417. The fourth-order valence-electron chi connectivity index (χ4n) is 4.04. The highest BCUT2D eigenvalue weighted by Crippen LogP contribution is 2.37. The highest BCUT2D eigenvalue weighted by molar-refractivity contribution is 7.90. The standard InChI is InChI=1S/C23H21ClFN3O5S/c1-13-5-3-4-6-20(13)34(31,32)28-12-16-15(8-10-19(16)27-23(30)33-2)21(28)22(29)26-14-7-9-18(25)17(24)11-14/h3-7,9,11-12,19H,8,10H2,1-2H3,(H,26,29)(H,27,30). The number of aryl methyl sites for hydroxylation is 1. The van der Waals surface area contributed by atoms with Crippen LogP contribution in [0.3, 0.4) is 0 Å². The van der Waals surface area contributed by atoms with E-state index in [-0.39, 0.29) is 21.3 Å². The third-order valence-electron chi connectivity index (χ3n) is 5.67. The predicted molar refractivity (Wildman–Crippen MR) is 124 cm³/mol. The van der Waals surface area contributed by atoms with Crippen LogP contribution in [0.5, 0.6) is 0 Å². The van der Waals surface area contributed by atoms with E-state index in [0.717, 1.165) is 10.0 Å². The predicted octanol–water partition coefficient (Wildman–Crippen LogP) is 4.42. The number of hydrogen-bond donors (Lipinski definition) is 2. The number of halogens is 2. The Kier molecular flexibility index (Phi) is 6.37. The molecule has 1 aliphatic rings. The minimum Gasteiger partial charge on any atom is -0.453 e. The summed E-state index contributed by atoms with van der Waals surface area (Å²) in [6.45, 7) is 1.66. The largest absolute Gasteiger partial charge is 0.453 e. The van der Waals surface area contributed by atoms with Gasteiger partial charge < -0.3 is 15.4 Å². The summed E-state index contributed by atoms with van der Waals surface area (Å²) in [4.78, 5) is 25.2. The summed E-state index contributed by atoms with van der Waals surface area (Å²) in [5.41, 5.74) is 1.62. The summed E-state index contributed by atoms with van der Waals surface area (Å²) in [5.74, 6) is -1.36. The van der Waals surface area contributed by atoms with Crippen LogP contribution in [-0.4, -0.2) is 31.5 Å². The molecular weight excluding hydrogens is 485 g/mol. The number of aromatic nitrogens is 1. The molecule has 11 heteroatoms. The second-order valence-electron chi connectivity index (χ2n) is 7.79. The number of carbonyl (C=O) groups is 2. The molecule has 0 spiro atoms. The Hall–Kier alpha value is -3.37. The average Bonchev–Trinajstić information content (AvgIpc) is 3.36. The maximum absolute atomic E-state index is 13.6. The summed E-state index contributed by atoms with van der Waals surface area (Å²) in [6.07, 6.45) is 1.51. The second kappa shape index (κ2) is 9.11. The van der Waals surface area contributed by atoms with Crippen molar-refractivity contribution >= 4 is 39.3 Å². The van der Waals surface area contributed by atoms with Crippen molar-refractivity contribution in [2.75, 3.05) is 12.4 Å². The molecule has 0 aliphatic heterocycles. The zero-order chi connectivity index (χ0) is 24.6. The van der Waals surface area contributed by atoms with Gasteiger partial charge in [0.15, 0.2) is 0 Å². The lowest BCUT2D eigenvalue weighted by Gasteiger charge is -2.15. The summed E-state index contributed by atoms with van der Waals surface area (Å²) in [6, 6.07) is 9.56. The molecule has 1 aromatic heterocycles. The van der Waals surface area contributed by atoms with Crippen molar-refractivity contribution in [2.45, 2.75) is 30.7 Å². The second-order valence-corrected chi connectivity index (χ2v) is 9.98. The average molecular weight is 506 g/mol. The summed E-state index contributed by atoms with van der Waals surface area (Å²) < 4.78 is 46.4. The van der Waals surface area contributed by atoms with Crippen molar-refractivity contribution in [2.24, 2.45) is 0 Å². The van der Waals surface area contributed by atoms with Gasteiger partial charge in [0, 0.05) is 11.9 Å². The van der Waals surface area contributed by atoms with Gasteiger partial charge >= 0.3 is 6.09 Å². The molecule has 2 N–H and O–H groups in total. The lowest BCUT2D eigenvalue weighted by molar-refractivity contribution is 0.102. The van der Waals surface area contributed by atoms with E-state index < -0.39 is 33.9 Å². The van der Waals surface area contributed by atoms with Crippen molar-refractivity contribution in [1.82, 2.24) is 9.29 Å². The van der Waals surface area contributed by atoms with Crippen LogP contribution < -0.4 is 10.6 Å². The van der Waals surface area contributed by atoms with Gasteiger partial charge in [-0.1, -0.05) is 29.8 Å². The Morgan fingerprint density at radius 2 is 1.94 bits per heavy atom. The van der Waals surface area contributed by atoms with Crippen LogP contribution in [0.1, 0.15) is 39.6 Å². The SMILES string of the molecule is COC(=O)NC1CCc2c1cn(S(=O)(=O)c1ccccc1C)c2C(=O)Nc1ccc(F)c(Cl)c1. The van der Waals surface area contributed by atoms with Gasteiger partial charge in [-0.3, -0.25) is 4.79 Å². The van der Waals surface area contributed by atoms with Crippen molar-refractivity contribution in [3.05, 3.63) is 81.9 Å². The summed E-state index contributed by atoms with van der Waals surface area (Å²) in [5, 5.41) is 5.08. The summed E-state index contributed by atoms with van der Waals surface area (Å²) >= 11 is 5.82. The molecule has 0 radical (unpaired) electrons. The number of benzene rings is 2. The topological polar surface area (TPSA) is 106 Å². The smallest absolute Gasteiger partial charge is 0.407 e. The number of ether oxygens (including phenoxy) is 1. The number of nitrogens with zero attached hydrogens (tertiary/aromatic N) is 1. The molecule has 8 nitrogen and oxygen atoms in total. The number of nitrogens with one attached hydrogen (secondary N) is 2. The number of carbonyl (C=O) groups excluding carboxylic acids is 2. The van der Waals surface area contributed by atoms with Gasteiger partial charge in [-0.25, -0.2) is 21.6 Å². The van der Waals surface area contributed by atoms with Crippen molar-refractivity contribution < 1.29 is 27.1 Å².